The normalized spacial score (nSPS) is 21.0. The van der Waals surface area contributed by atoms with Gasteiger partial charge in [-0.05, 0) is 48.6 Å². The summed E-state index contributed by atoms with van der Waals surface area (Å²) in [5.74, 6) is -0.418. The van der Waals surface area contributed by atoms with Crippen LogP contribution in [0.25, 0.3) is 0 Å². The van der Waals surface area contributed by atoms with E-state index in [4.69, 9.17) is 0 Å². The Bertz CT molecular complexity index is 534. The zero-order chi connectivity index (χ0) is 15.8. The van der Waals surface area contributed by atoms with Gasteiger partial charge < -0.3 is 10.4 Å². The second-order valence-corrected chi connectivity index (χ2v) is 7.91. The van der Waals surface area contributed by atoms with Crippen molar-refractivity contribution in [2.75, 3.05) is 5.32 Å². The number of aryl methyl sites for hydroxylation is 1. The molecule has 0 saturated heterocycles. The zero-order valence-electron chi connectivity index (χ0n) is 13.7. The average molecular weight is 290 g/mol. The molecule has 2 N–H and O–H groups in total. The second-order valence-electron chi connectivity index (χ2n) is 7.91. The first kappa shape index (κ1) is 15.8. The molecule has 0 aliphatic heterocycles. The standard InChI is InChI=1S/C17H26N2O2/c1-11-6-7-18-14(13(11)15(20)21)19-12-8-16(2,3)10-17(4,5)9-12/h6-7,12H,8-10H2,1-5H3,(H,18,19)(H,20,21). The molecular formula is C17H26N2O2. The van der Waals surface area contributed by atoms with Crippen LogP contribution in [0, 0.1) is 17.8 Å². The lowest BCUT2D eigenvalue weighted by Crippen LogP contribution is -2.40. The number of anilines is 1. The summed E-state index contributed by atoms with van der Waals surface area (Å²) >= 11 is 0. The number of aromatic nitrogens is 1. The van der Waals surface area contributed by atoms with Crippen LogP contribution in [0.4, 0.5) is 5.82 Å². The van der Waals surface area contributed by atoms with E-state index in [1.807, 2.05) is 6.92 Å². The van der Waals surface area contributed by atoms with Gasteiger partial charge in [0.25, 0.3) is 0 Å². The van der Waals surface area contributed by atoms with Gasteiger partial charge in [0.15, 0.2) is 0 Å². The van der Waals surface area contributed by atoms with Crippen LogP contribution < -0.4 is 5.32 Å². The summed E-state index contributed by atoms with van der Waals surface area (Å²) in [5, 5.41) is 12.8. The molecule has 1 fully saturated rings. The summed E-state index contributed by atoms with van der Waals surface area (Å²) in [4.78, 5) is 15.7. The number of carboxylic acids is 1. The van der Waals surface area contributed by atoms with E-state index in [2.05, 4.69) is 38.0 Å². The summed E-state index contributed by atoms with van der Waals surface area (Å²) in [6, 6.07) is 2.00. The maximum absolute atomic E-state index is 11.5. The Hall–Kier alpha value is -1.58. The minimum atomic E-state index is -0.919. The SMILES string of the molecule is Cc1ccnc(NC2CC(C)(C)CC(C)(C)C2)c1C(=O)O. The average Bonchev–Trinajstić information content (AvgIpc) is 2.23. The quantitative estimate of drug-likeness (QED) is 0.879. The van der Waals surface area contributed by atoms with Crippen molar-refractivity contribution in [1.29, 1.82) is 0 Å². The molecule has 1 aliphatic rings. The third-order valence-electron chi connectivity index (χ3n) is 4.27. The Morgan fingerprint density at radius 1 is 1.29 bits per heavy atom. The highest BCUT2D eigenvalue weighted by Gasteiger charge is 2.38. The van der Waals surface area contributed by atoms with Gasteiger partial charge in [0.1, 0.15) is 11.4 Å². The first-order valence-electron chi connectivity index (χ1n) is 7.55. The fraction of sp³-hybridized carbons (Fsp3) is 0.647. The van der Waals surface area contributed by atoms with E-state index in [1.165, 1.54) is 6.42 Å². The van der Waals surface area contributed by atoms with Crippen LogP contribution in [0.5, 0.6) is 0 Å². The molecule has 0 bridgehead atoms. The number of rotatable bonds is 3. The highest BCUT2D eigenvalue weighted by Crippen LogP contribution is 2.46. The van der Waals surface area contributed by atoms with E-state index in [0.29, 0.717) is 11.4 Å². The molecule has 1 aromatic rings. The number of nitrogens with one attached hydrogen (secondary N) is 1. The van der Waals surface area contributed by atoms with Crippen molar-refractivity contribution in [3.8, 4) is 0 Å². The van der Waals surface area contributed by atoms with E-state index in [-0.39, 0.29) is 16.9 Å². The van der Waals surface area contributed by atoms with E-state index >= 15 is 0 Å². The smallest absolute Gasteiger partial charge is 0.339 e. The zero-order valence-corrected chi connectivity index (χ0v) is 13.7. The molecule has 1 heterocycles. The number of hydrogen-bond acceptors (Lipinski definition) is 3. The highest BCUT2D eigenvalue weighted by atomic mass is 16.4. The molecule has 0 unspecified atom stereocenters. The topological polar surface area (TPSA) is 62.2 Å². The van der Waals surface area contributed by atoms with Crippen LogP contribution in [0.15, 0.2) is 12.3 Å². The molecule has 0 aromatic carbocycles. The molecule has 1 aromatic heterocycles. The van der Waals surface area contributed by atoms with E-state index in [1.54, 1.807) is 12.3 Å². The van der Waals surface area contributed by atoms with Crippen molar-refractivity contribution >= 4 is 11.8 Å². The molecule has 1 aliphatic carbocycles. The van der Waals surface area contributed by atoms with Gasteiger partial charge in [-0.3, -0.25) is 0 Å². The van der Waals surface area contributed by atoms with Gasteiger partial charge in [-0.2, -0.15) is 0 Å². The van der Waals surface area contributed by atoms with E-state index in [0.717, 1.165) is 18.4 Å². The van der Waals surface area contributed by atoms with Gasteiger partial charge in [0.2, 0.25) is 0 Å². The van der Waals surface area contributed by atoms with E-state index < -0.39 is 5.97 Å². The minimum absolute atomic E-state index is 0.257. The van der Waals surface area contributed by atoms with Crippen molar-refractivity contribution in [3.63, 3.8) is 0 Å². The van der Waals surface area contributed by atoms with Gasteiger partial charge in [-0.1, -0.05) is 27.7 Å². The van der Waals surface area contributed by atoms with Crippen LogP contribution in [-0.4, -0.2) is 22.1 Å². The van der Waals surface area contributed by atoms with Gasteiger partial charge in [0, 0.05) is 12.2 Å². The van der Waals surface area contributed by atoms with Gasteiger partial charge in [-0.25, -0.2) is 9.78 Å². The highest BCUT2D eigenvalue weighted by molar-refractivity contribution is 5.94. The molecule has 4 heteroatoms. The number of carboxylic acid groups (broad SMARTS) is 1. The minimum Gasteiger partial charge on any atom is -0.478 e. The summed E-state index contributed by atoms with van der Waals surface area (Å²) < 4.78 is 0. The predicted octanol–water partition coefficient (Wildman–Crippen LogP) is 4.11. The summed E-state index contributed by atoms with van der Waals surface area (Å²) in [5.41, 5.74) is 1.55. The van der Waals surface area contributed by atoms with Gasteiger partial charge >= 0.3 is 5.97 Å². The molecule has 0 atom stereocenters. The first-order chi connectivity index (χ1) is 9.60. The van der Waals surface area contributed by atoms with Crippen molar-refractivity contribution in [1.82, 2.24) is 4.98 Å². The second kappa shape index (κ2) is 5.32. The van der Waals surface area contributed by atoms with Crippen LogP contribution in [0.2, 0.25) is 0 Å². The Labute approximate surface area is 127 Å². The molecule has 2 rings (SSSR count). The summed E-state index contributed by atoms with van der Waals surface area (Å²) in [7, 11) is 0. The van der Waals surface area contributed by atoms with Crippen LogP contribution in [0.1, 0.15) is 62.9 Å². The number of hydrogen-bond donors (Lipinski definition) is 2. The van der Waals surface area contributed by atoms with Gasteiger partial charge in [0.05, 0.1) is 0 Å². The van der Waals surface area contributed by atoms with Crippen LogP contribution in [0.3, 0.4) is 0 Å². The molecular weight excluding hydrogens is 264 g/mol. The lowest BCUT2D eigenvalue weighted by Gasteiger charge is -2.45. The van der Waals surface area contributed by atoms with Crippen molar-refractivity contribution < 1.29 is 9.90 Å². The van der Waals surface area contributed by atoms with Crippen molar-refractivity contribution in [2.24, 2.45) is 10.8 Å². The Morgan fingerprint density at radius 2 is 1.86 bits per heavy atom. The van der Waals surface area contributed by atoms with Crippen molar-refractivity contribution in [3.05, 3.63) is 23.4 Å². The number of aromatic carboxylic acids is 1. The van der Waals surface area contributed by atoms with Crippen LogP contribution >= 0.6 is 0 Å². The molecule has 0 spiro atoms. The fourth-order valence-corrected chi connectivity index (χ4v) is 4.08. The number of pyridine rings is 1. The molecule has 1 saturated carbocycles. The van der Waals surface area contributed by atoms with Crippen molar-refractivity contribution in [2.45, 2.75) is 59.9 Å². The number of carbonyl (C=O) groups is 1. The lowest BCUT2D eigenvalue weighted by molar-refractivity contribution is 0.0696. The molecule has 0 amide bonds. The van der Waals surface area contributed by atoms with Gasteiger partial charge in [-0.15, -0.1) is 0 Å². The fourth-order valence-electron chi connectivity index (χ4n) is 4.08. The molecule has 4 nitrogen and oxygen atoms in total. The molecule has 21 heavy (non-hydrogen) atoms. The Balaban J connectivity index is 2.26. The Kier molecular flexibility index (Phi) is 4.00. The third kappa shape index (κ3) is 3.74. The Morgan fingerprint density at radius 3 is 2.38 bits per heavy atom. The predicted molar refractivity (Wildman–Crippen MR) is 84.8 cm³/mol. The molecule has 0 radical (unpaired) electrons. The maximum Gasteiger partial charge on any atom is 0.339 e. The van der Waals surface area contributed by atoms with E-state index in [9.17, 15) is 9.90 Å². The lowest BCUT2D eigenvalue weighted by atomic mass is 9.63. The summed E-state index contributed by atoms with van der Waals surface area (Å²) in [6.45, 7) is 10.9. The monoisotopic (exact) mass is 290 g/mol. The maximum atomic E-state index is 11.5. The van der Waals surface area contributed by atoms with Crippen LogP contribution in [-0.2, 0) is 0 Å². The molecule has 116 valence electrons. The largest absolute Gasteiger partial charge is 0.478 e. The number of nitrogens with zero attached hydrogens (tertiary/aromatic N) is 1. The summed E-state index contributed by atoms with van der Waals surface area (Å²) in [6.07, 6.45) is 4.92. The third-order valence-corrected chi connectivity index (χ3v) is 4.27. The first-order valence-corrected chi connectivity index (χ1v) is 7.55.